The molecule has 0 spiro atoms. The molecule has 0 fully saturated rings. The highest BCUT2D eigenvalue weighted by Crippen LogP contribution is 2.29. The molecule has 22 heavy (non-hydrogen) atoms. The van der Waals surface area contributed by atoms with Crippen molar-refractivity contribution in [2.75, 3.05) is 0 Å². The van der Waals surface area contributed by atoms with Gasteiger partial charge in [0.25, 0.3) is 0 Å². The molecule has 0 radical (unpaired) electrons. The molecule has 108 valence electrons. The van der Waals surface area contributed by atoms with Gasteiger partial charge in [-0.05, 0) is 37.3 Å². The number of hydrogen-bond acceptors (Lipinski definition) is 3. The van der Waals surface area contributed by atoms with Gasteiger partial charge in [0, 0.05) is 10.0 Å². The Hall–Kier alpha value is -1.98. The Morgan fingerprint density at radius 1 is 1.09 bits per heavy atom. The van der Waals surface area contributed by atoms with Crippen molar-refractivity contribution in [1.82, 2.24) is 19.6 Å². The van der Waals surface area contributed by atoms with Gasteiger partial charge >= 0.3 is 0 Å². The van der Waals surface area contributed by atoms with Crippen LogP contribution in [0.15, 0.2) is 46.9 Å². The average Bonchev–Trinajstić information content (AvgIpc) is 2.93. The molecule has 0 bridgehead atoms. The molecule has 0 atom stereocenters. The summed E-state index contributed by atoms with van der Waals surface area (Å²) in [4.78, 5) is 4.61. The number of aromatic nitrogens is 4. The number of rotatable bonds is 1. The summed E-state index contributed by atoms with van der Waals surface area (Å²) in [6.07, 6.45) is 0. The lowest BCUT2D eigenvalue weighted by Crippen LogP contribution is -1.97. The predicted molar refractivity (Wildman–Crippen MR) is 91.2 cm³/mol. The van der Waals surface area contributed by atoms with E-state index in [-0.39, 0.29) is 0 Å². The van der Waals surface area contributed by atoms with Crippen LogP contribution in [-0.2, 0) is 0 Å². The quantitative estimate of drug-likeness (QED) is 0.487. The van der Waals surface area contributed by atoms with Gasteiger partial charge in [-0.15, -0.1) is 10.2 Å². The molecule has 0 amide bonds. The van der Waals surface area contributed by atoms with Crippen molar-refractivity contribution in [3.8, 4) is 11.4 Å². The molecule has 2 heterocycles. The van der Waals surface area contributed by atoms with Crippen molar-refractivity contribution in [2.45, 2.75) is 6.92 Å². The van der Waals surface area contributed by atoms with E-state index < -0.39 is 0 Å². The van der Waals surface area contributed by atoms with Crippen LogP contribution in [-0.4, -0.2) is 19.6 Å². The predicted octanol–water partition coefficient (Wildman–Crippen LogP) is 4.67. The molecule has 0 aliphatic rings. The molecule has 6 heteroatoms. The standard InChI is InChI=1S/C16H10BrClN4/c1-9-15-20-21-16(11-4-2-3-5-12(11)18)22(15)14-7-6-10(17)8-13(14)19-9/h2-8H,1H3. The van der Waals surface area contributed by atoms with Crippen molar-refractivity contribution in [2.24, 2.45) is 0 Å². The van der Waals surface area contributed by atoms with Gasteiger partial charge in [0.05, 0.1) is 21.7 Å². The first-order chi connectivity index (χ1) is 10.6. The van der Waals surface area contributed by atoms with Crippen LogP contribution >= 0.6 is 27.5 Å². The molecule has 4 aromatic rings. The second-order valence-electron chi connectivity index (χ2n) is 4.99. The minimum atomic E-state index is 0.650. The third-order valence-corrected chi connectivity index (χ3v) is 4.39. The lowest BCUT2D eigenvalue weighted by atomic mass is 10.2. The Labute approximate surface area is 139 Å². The maximum Gasteiger partial charge on any atom is 0.183 e. The van der Waals surface area contributed by atoms with Gasteiger partial charge in [0.2, 0.25) is 0 Å². The summed E-state index contributed by atoms with van der Waals surface area (Å²) < 4.78 is 2.99. The van der Waals surface area contributed by atoms with Crippen LogP contribution in [0.2, 0.25) is 5.02 Å². The summed E-state index contributed by atoms with van der Waals surface area (Å²) in [5.74, 6) is 0.721. The molecule has 2 aromatic heterocycles. The summed E-state index contributed by atoms with van der Waals surface area (Å²) in [5, 5.41) is 9.27. The van der Waals surface area contributed by atoms with Crippen LogP contribution in [0, 0.1) is 6.92 Å². The van der Waals surface area contributed by atoms with Gasteiger partial charge in [0.1, 0.15) is 0 Å². The van der Waals surface area contributed by atoms with Gasteiger partial charge in [0.15, 0.2) is 11.5 Å². The number of halogens is 2. The molecule has 0 unspecified atom stereocenters. The highest BCUT2D eigenvalue weighted by atomic mass is 79.9. The van der Waals surface area contributed by atoms with Crippen LogP contribution in [0.4, 0.5) is 0 Å². The third-order valence-electron chi connectivity index (χ3n) is 3.57. The van der Waals surface area contributed by atoms with E-state index in [2.05, 4.69) is 31.1 Å². The van der Waals surface area contributed by atoms with Crippen LogP contribution in [0.5, 0.6) is 0 Å². The molecule has 4 nitrogen and oxygen atoms in total. The molecule has 0 aliphatic heterocycles. The van der Waals surface area contributed by atoms with Gasteiger partial charge in [-0.2, -0.15) is 0 Å². The average molecular weight is 374 g/mol. The second-order valence-corrected chi connectivity index (χ2v) is 6.32. The molecule has 0 aliphatic carbocycles. The fourth-order valence-electron chi connectivity index (χ4n) is 2.57. The fourth-order valence-corrected chi connectivity index (χ4v) is 3.14. The van der Waals surface area contributed by atoms with E-state index in [1.165, 1.54) is 0 Å². The number of hydrogen-bond donors (Lipinski definition) is 0. The zero-order valence-electron chi connectivity index (χ0n) is 11.6. The van der Waals surface area contributed by atoms with E-state index in [4.69, 9.17) is 11.6 Å². The van der Waals surface area contributed by atoms with E-state index in [9.17, 15) is 0 Å². The lowest BCUT2D eigenvalue weighted by molar-refractivity contribution is 1.11. The van der Waals surface area contributed by atoms with Crippen molar-refractivity contribution < 1.29 is 0 Å². The number of benzene rings is 2. The second kappa shape index (κ2) is 5.04. The first kappa shape index (κ1) is 13.7. The van der Waals surface area contributed by atoms with Crippen molar-refractivity contribution in [3.63, 3.8) is 0 Å². The zero-order chi connectivity index (χ0) is 15.3. The first-order valence-electron chi connectivity index (χ1n) is 6.71. The van der Waals surface area contributed by atoms with Gasteiger partial charge in [-0.3, -0.25) is 4.40 Å². The van der Waals surface area contributed by atoms with Crippen molar-refractivity contribution in [3.05, 3.63) is 57.7 Å². The Morgan fingerprint density at radius 3 is 2.73 bits per heavy atom. The minimum Gasteiger partial charge on any atom is -0.272 e. The maximum absolute atomic E-state index is 6.33. The first-order valence-corrected chi connectivity index (χ1v) is 7.88. The largest absolute Gasteiger partial charge is 0.272 e. The van der Waals surface area contributed by atoms with E-state index in [1.54, 1.807) is 0 Å². The molecular formula is C16H10BrClN4. The van der Waals surface area contributed by atoms with Gasteiger partial charge < -0.3 is 0 Å². The Morgan fingerprint density at radius 2 is 1.91 bits per heavy atom. The SMILES string of the molecule is Cc1nc2cc(Br)ccc2n2c(-c3ccccc3Cl)nnc12. The molecule has 0 saturated heterocycles. The van der Waals surface area contributed by atoms with Crippen LogP contribution < -0.4 is 0 Å². The smallest absolute Gasteiger partial charge is 0.183 e. The number of nitrogens with zero attached hydrogens (tertiary/aromatic N) is 4. The highest BCUT2D eigenvalue weighted by molar-refractivity contribution is 9.10. The summed E-state index contributed by atoms with van der Waals surface area (Å²) in [6.45, 7) is 1.93. The Kier molecular flexibility index (Phi) is 3.13. The van der Waals surface area contributed by atoms with Crippen LogP contribution in [0.1, 0.15) is 5.69 Å². The fraction of sp³-hybridized carbons (Fsp3) is 0.0625. The minimum absolute atomic E-state index is 0.650. The van der Waals surface area contributed by atoms with E-state index in [0.717, 1.165) is 38.2 Å². The molecular weight excluding hydrogens is 364 g/mol. The topological polar surface area (TPSA) is 43.1 Å². The maximum atomic E-state index is 6.33. The summed E-state index contributed by atoms with van der Waals surface area (Å²) >= 11 is 9.81. The van der Waals surface area contributed by atoms with Gasteiger partial charge in [-0.1, -0.05) is 39.7 Å². The zero-order valence-corrected chi connectivity index (χ0v) is 13.9. The number of fused-ring (bicyclic) bond motifs is 3. The molecule has 4 rings (SSSR count). The summed E-state index contributed by atoms with van der Waals surface area (Å²) in [7, 11) is 0. The molecule has 0 saturated carbocycles. The monoisotopic (exact) mass is 372 g/mol. The van der Waals surface area contributed by atoms with E-state index in [1.807, 2.05) is 53.8 Å². The Bertz CT molecular complexity index is 1030. The van der Waals surface area contributed by atoms with Crippen LogP contribution in [0.3, 0.4) is 0 Å². The summed E-state index contributed by atoms with van der Waals surface area (Å²) in [6, 6.07) is 13.6. The Balaban J connectivity index is 2.18. The summed E-state index contributed by atoms with van der Waals surface area (Å²) in [5.41, 5.74) is 4.25. The number of aryl methyl sites for hydroxylation is 1. The van der Waals surface area contributed by atoms with E-state index >= 15 is 0 Å². The van der Waals surface area contributed by atoms with Crippen LogP contribution in [0.25, 0.3) is 28.1 Å². The van der Waals surface area contributed by atoms with Gasteiger partial charge in [-0.25, -0.2) is 4.98 Å². The third kappa shape index (κ3) is 2.01. The highest BCUT2D eigenvalue weighted by Gasteiger charge is 2.16. The molecule has 0 N–H and O–H groups in total. The normalized spacial score (nSPS) is 11.4. The van der Waals surface area contributed by atoms with E-state index in [0.29, 0.717) is 5.02 Å². The molecule has 2 aromatic carbocycles. The van der Waals surface area contributed by atoms with Crippen molar-refractivity contribution in [1.29, 1.82) is 0 Å². The van der Waals surface area contributed by atoms with Crippen molar-refractivity contribution >= 4 is 44.2 Å². The lowest BCUT2D eigenvalue weighted by Gasteiger charge is -2.07.